The van der Waals surface area contributed by atoms with Gasteiger partial charge in [0.05, 0.1) is 35.0 Å². The van der Waals surface area contributed by atoms with Crippen molar-refractivity contribution in [2.75, 3.05) is 41.8 Å². The number of urea groups is 1. The first-order valence-corrected chi connectivity index (χ1v) is 12.7. The summed E-state index contributed by atoms with van der Waals surface area (Å²) in [6, 6.07) is 10.8. The number of thiophene rings is 1. The minimum Gasteiger partial charge on any atom is -0.379 e. The smallest absolute Gasteiger partial charge is 0.332 e. The highest BCUT2D eigenvalue weighted by Crippen LogP contribution is 2.45. The Morgan fingerprint density at radius 1 is 1.16 bits per heavy atom. The molecule has 12 heteroatoms. The molecule has 3 amide bonds. The Morgan fingerprint density at radius 2 is 1.95 bits per heavy atom. The van der Waals surface area contributed by atoms with Crippen molar-refractivity contribution in [1.82, 2.24) is 14.9 Å². The lowest BCUT2D eigenvalue weighted by molar-refractivity contribution is 0.0342. The molecule has 2 aromatic heterocycles. The van der Waals surface area contributed by atoms with E-state index in [9.17, 15) is 14.0 Å². The van der Waals surface area contributed by atoms with Gasteiger partial charge in [-0.15, -0.1) is 11.3 Å². The van der Waals surface area contributed by atoms with Crippen LogP contribution in [-0.2, 0) is 11.3 Å². The van der Waals surface area contributed by atoms with Crippen molar-refractivity contribution in [1.29, 1.82) is 0 Å². The molecule has 4 aromatic rings. The summed E-state index contributed by atoms with van der Waals surface area (Å²) in [5, 5.41) is 6.24. The van der Waals surface area contributed by atoms with Crippen molar-refractivity contribution in [3.8, 4) is 0 Å². The molecule has 9 nitrogen and oxygen atoms in total. The van der Waals surface area contributed by atoms with Gasteiger partial charge < -0.3 is 15.4 Å². The van der Waals surface area contributed by atoms with Crippen LogP contribution in [0.4, 0.5) is 32.1 Å². The van der Waals surface area contributed by atoms with Gasteiger partial charge in [0.1, 0.15) is 21.9 Å². The minimum absolute atomic E-state index is 0.0515. The molecule has 2 aliphatic heterocycles. The Labute approximate surface area is 219 Å². The second-order valence-corrected chi connectivity index (χ2v) is 9.99. The molecule has 0 atom stereocenters. The van der Waals surface area contributed by atoms with Gasteiger partial charge in [0, 0.05) is 25.3 Å². The molecular formula is C25H20ClFN6O3S. The van der Waals surface area contributed by atoms with E-state index < -0.39 is 11.8 Å². The maximum Gasteiger partial charge on any atom is 0.332 e. The lowest BCUT2D eigenvalue weighted by Gasteiger charge is -2.27. The van der Waals surface area contributed by atoms with Gasteiger partial charge in [-0.2, -0.15) is 0 Å². The summed E-state index contributed by atoms with van der Waals surface area (Å²) >= 11 is 7.37. The van der Waals surface area contributed by atoms with Crippen molar-refractivity contribution < 1.29 is 18.7 Å². The van der Waals surface area contributed by atoms with Crippen LogP contribution in [0.5, 0.6) is 0 Å². The zero-order valence-corrected chi connectivity index (χ0v) is 20.9. The average molecular weight is 539 g/mol. The minimum atomic E-state index is -0.569. The normalized spacial score (nSPS) is 15.6. The van der Waals surface area contributed by atoms with Crippen LogP contribution in [0, 0.1) is 5.82 Å². The number of halogens is 2. The van der Waals surface area contributed by atoms with Gasteiger partial charge >= 0.3 is 6.03 Å². The summed E-state index contributed by atoms with van der Waals surface area (Å²) < 4.78 is 19.0. The van der Waals surface area contributed by atoms with E-state index in [1.807, 2.05) is 24.3 Å². The summed E-state index contributed by atoms with van der Waals surface area (Å²) in [5.41, 5.74) is 2.37. The monoisotopic (exact) mass is 538 g/mol. The topological polar surface area (TPSA) is 99.7 Å². The number of anilines is 4. The van der Waals surface area contributed by atoms with Crippen LogP contribution in [0.1, 0.15) is 15.2 Å². The van der Waals surface area contributed by atoms with Gasteiger partial charge in [-0.3, -0.25) is 9.69 Å². The maximum absolute atomic E-state index is 13.6. The van der Waals surface area contributed by atoms with Crippen LogP contribution < -0.4 is 15.5 Å². The second-order valence-electron chi connectivity index (χ2n) is 8.58. The predicted octanol–water partition coefficient (Wildman–Crippen LogP) is 5.25. The van der Waals surface area contributed by atoms with Crippen molar-refractivity contribution in [2.24, 2.45) is 0 Å². The molecule has 0 radical (unpaired) electrons. The lowest BCUT2D eigenvalue weighted by Crippen LogP contribution is -2.35. The molecule has 2 aromatic carbocycles. The number of carbonyl (C=O) groups is 2. The highest BCUT2D eigenvalue weighted by atomic mass is 35.5. The first-order chi connectivity index (χ1) is 18.0. The van der Waals surface area contributed by atoms with E-state index in [4.69, 9.17) is 16.3 Å². The fourth-order valence-corrected chi connectivity index (χ4v) is 5.65. The van der Waals surface area contributed by atoms with E-state index in [0.717, 1.165) is 55.8 Å². The molecule has 1 fully saturated rings. The predicted molar refractivity (Wildman–Crippen MR) is 140 cm³/mol. The van der Waals surface area contributed by atoms with Crippen molar-refractivity contribution in [3.63, 3.8) is 0 Å². The van der Waals surface area contributed by atoms with E-state index in [1.54, 1.807) is 0 Å². The van der Waals surface area contributed by atoms with Crippen LogP contribution in [0.2, 0.25) is 5.02 Å². The third kappa shape index (κ3) is 4.51. The number of ether oxygens (including phenoxy) is 1. The molecule has 2 aliphatic rings. The molecule has 37 heavy (non-hydrogen) atoms. The van der Waals surface area contributed by atoms with Crippen molar-refractivity contribution in [3.05, 3.63) is 70.1 Å². The van der Waals surface area contributed by atoms with Crippen molar-refractivity contribution >= 4 is 68.0 Å². The van der Waals surface area contributed by atoms with E-state index in [0.29, 0.717) is 26.5 Å². The third-order valence-corrected chi connectivity index (χ3v) is 7.59. The third-order valence-electron chi connectivity index (χ3n) is 6.19. The number of nitrogens with zero attached hydrogens (tertiary/aromatic N) is 4. The molecule has 0 saturated carbocycles. The summed E-state index contributed by atoms with van der Waals surface area (Å²) in [5.74, 6) is -0.637. The van der Waals surface area contributed by atoms with Crippen LogP contribution in [0.25, 0.3) is 10.2 Å². The Bertz CT molecular complexity index is 1520. The molecule has 6 rings (SSSR count). The molecule has 0 spiro atoms. The number of rotatable bonds is 5. The van der Waals surface area contributed by atoms with Crippen LogP contribution in [0.15, 0.2) is 48.8 Å². The second kappa shape index (κ2) is 9.67. The Morgan fingerprint density at radius 3 is 2.70 bits per heavy atom. The van der Waals surface area contributed by atoms with Gasteiger partial charge in [0.15, 0.2) is 5.82 Å². The number of nitrogens with one attached hydrogen (secondary N) is 2. The average Bonchev–Trinajstić information content (AvgIpc) is 3.26. The van der Waals surface area contributed by atoms with Gasteiger partial charge in [0.25, 0.3) is 5.91 Å². The van der Waals surface area contributed by atoms with Gasteiger partial charge in [-0.1, -0.05) is 23.7 Å². The number of aromatic nitrogens is 2. The van der Waals surface area contributed by atoms with Gasteiger partial charge in [0.2, 0.25) is 0 Å². The Balaban J connectivity index is 1.27. The summed E-state index contributed by atoms with van der Waals surface area (Å²) in [6.45, 7) is 4.09. The lowest BCUT2D eigenvalue weighted by atomic mass is 10.1. The molecule has 0 unspecified atom stereocenters. The fraction of sp³-hybridized carbons (Fsp3) is 0.200. The largest absolute Gasteiger partial charge is 0.379 e. The first kappa shape index (κ1) is 23.7. The molecular weight excluding hydrogens is 519 g/mol. The number of carbonyl (C=O) groups excluding carboxylic acids is 2. The first-order valence-electron chi connectivity index (χ1n) is 11.5. The number of benzene rings is 2. The fourth-order valence-electron chi connectivity index (χ4n) is 4.41. The van der Waals surface area contributed by atoms with Gasteiger partial charge in [-0.05, 0) is 35.9 Å². The van der Waals surface area contributed by atoms with Crippen LogP contribution >= 0.6 is 22.9 Å². The molecule has 0 bridgehead atoms. The number of morpholine rings is 1. The Kier molecular flexibility index (Phi) is 6.21. The standard InChI is InChI=1S/C25H20ClFN6O3S/c26-17-11-15(27)3-6-18(17)33-22-19-20(31-25(33)35)21(37-24(19)29-13-28-22)23(34)30-16-4-1-14(2-5-16)12-32-7-9-36-10-8-32/h1-6,11,13H,7-10,12H2,(H,30,34)(H,31,35). The van der Waals surface area contributed by atoms with E-state index in [-0.39, 0.29) is 22.4 Å². The van der Waals surface area contributed by atoms with E-state index in [1.165, 1.54) is 23.4 Å². The number of amides is 3. The molecule has 0 aliphatic carbocycles. The number of hydrogen-bond acceptors (Lipinski definition) is 7. The van der Waals surface area contributed by atoms with Crippen molar-refractivity contribution in [2.45, 2.75) is 6.54 Å². The summed E-state index contributed by atoms with van der Waals surface area (Å²) in [6.07, 6.45) is 1.32. The molecule has 4 heterocycles. The number of hydrogen-bond donors (Lipinski definition) is 2. The Hall–Kier alpha value is -3.64. The zero-order chi connectivity index (χ0) is 25.5. The summed E-state index contributed by atoms with van der Waals surface area (Å²) in [7, 11) is 0. The summed E-state index contributed by atoms with van der Waals surface area (Å²) in [4.78, 5) is 39.4. The molecule has 2 N–H and O–H groups in total. The van der Waals surface area contributed by atoms with Gasteiger partial charge in [-0.25, -0.2) is 24.1 Å². The van der Waals surface area contributed by atoms with E-state index >= 15 is 0 Å². The molecule has 188 valence electrons. The highest BCUT2D eigenvalue weighted by Gasteiger charge is 2.34. The maximum atomic E-state index is 13.6. The SMILES string of the molecule is O=C(Nc1ccc(CN2CCOCC2)cc1)c1sc2ncnc3c2c1NC(=O)N3c1ccc(F)cc1Cl. The van der Waals surface area contributed by atoms with Crippen LogP contribution in [-0.4, -0.2) is 53.1 Å². The van der Waals surface area contributed by atoms with Crippen LogP contribution in [0.3, 0.4) is 0 Å². The quantitative estimate of drug-likeness (QED) is 0.360. The molecule has 1 saturated heterocycles. The zero-order valence-electron chi connectivity index (χ0n) is 19.3. The highest BCUT2D eigenvalue weighted by molar-refractivity contribution is 7.21. The van der Waals surface area contributed by atoms with E-state index in [2.05, 4.69) is 25.5 Å².